The van der Waals surface area contributed by atoms with E-state index in [4.69, 9.17) is 14.2 Å². The van der Waals surface area contributed by atoms with Gasteiger partial charge in [-0.3, -0.25) is 47.9 Å². The number of carbonyl (C=O) groups is 11. The number of aliphatic hydroxyl groups excluding tert-OH is 1. The lowest BCUT2D eigenvalue weighted by Crippen LogP contribution is -2.62. The molecule has 1 aromatic carbocycles. The van der Waals surface area contributed by atoms with Gasteiger partial charge >= 0.3 is 11.9 Å². The van der Waals surface area contributed by atoms with Crippen LogP contribution in [0, 0.1) is 29.6 Å². The molecule has 3 aliphatic rings. The number of nitrogens with one attached hydrogen (secondary N) is 3. The highest BCUT2D eigenvalue weighted by Gasteiger charge is 2.46. The number of likely N-dealkylation sites (N-methyl/N-ethyl adjacent to an activating group) is 2. The minimum absolute atomic E-state index is 0.0545. The second-order valence-electron chi connectivity index (χ2n) is 22.8. The van der Waals surface area contributed by atoms with E-state index >= 15 is 0 Å². The first kappa shape index (κ1) is 65.1. The maximum Gasteiger partial charge on any atom is 0.329 e. The number of likely N-dealkylation sites (tertiary alicyclic amines) is 1. The molecule has 440 valence electrons. The van der Waals surface area contributed by atoms with Gasteiger partial charge in [-0.25, -0.2) is 4.79 Å². The lowest BCUT2D eigenvalue weighted by molar-refractivity contribution is -0.163. The topological polar surface area (TPSA) is 285 Å². The molecule has 3 aliphatic heterocycles. The molecule has 1 unspecified atom stereocenters. The minimum atomic E-state index is -1.78. The quantitative estimate of drug-likeness (QED) is 0.112. The van der Waals surface area contributed by atoms with Gasteiger partial charge in [0.15, 0.2) is 11.9 Å². The highest BCUT2D eigenvalue weighted by Crippen LogP contribution is 2.27. The fourth-order valence-electron chi connectivity index (χ4n) is 10.5. The molecule has 0 aliphatic carbocycles. The molecule has 4 N–H and O–H groups in total. The fourth-order valence-corrected chi connectivity index (χ4v) is 10.5. The SMILES string of the molecule is CC[C@H](C)[C@H]1NC(=O)[C@@H](NC(=O)[C@@H](CC(C)C)N(C)C(=O)[C@@H]2CCCN2C(=O)C(C)=O)[C@@H](C)OC(=O)[C@H](Cc2ccc(OC)cc2)N(C)C(=O)[C@@H]2CCCN2C(=O)[C@H](CC(C)C)NC(=O)[C@@H](C)C(=O)[C@H](C(C)C)OC(=O)CC1O. The molecule has 1 aromatic rings. The molecule has 0 spiro atoms. The van der Waals surface area contributed by atoms with E-state index in [1.54, 1.807) is 52.0 Å². The third-order valence-electron chi connectivity index (χ3n) is 15.4. The number of nitrogens with zero attached hydrogens (tertiary/aromatic N) is 4. The molecule has 4 rings (SSSR count). The molecule has 22 heteroatoms. The van der Waals surface area contributed by atoms with Crippen LogP contribution in [0.3, 0.4) is 0 Å². The number of aliphatic hydroxyl groups is 1. The highest BCUT2D eigenvalue weighted by molar-refractivity contribution is 6.35. The van der Waals surface area contributed by atoms with Crippen molar-refractivity contribution in [1.82, 2.24) is 35.6 Å². The van der Waals surface area contributed by atoms with Crippen LogP contribution < -0.4 is 20.7 Å². The lowest BCUT2D eigenvalue weighted by Gasteiger charge is -2.36. The largest absolute Gasteiger partial charge is 0.497 e. The van der Waals surface area contributed by atoms with Gasteiger partial charge in [0.05, 0.1) is 31.6 Å². The Hall–Kier alpha value is -6.45. The van der Waals surface area contributed by atoms with Gasteiger partial charge < -0.3 is 54.9 Å². The maximum atomic E-state index is 15.0. The summed E-state index contributed by atoms with van der Waals surface area (Å²) < 4.78 is 17.2. The molecule has 7 amide bonds. The summed E-state index contributed by atoms with van der Waals surface area (Å²) in [6.07, 6.45) is -3.76. The van der Waals surface area contributed by atoms with E-state index in [0.717, 1.165) is 6.92 Å². The molecule has 22 nitrogen and oxygen atoms in total. The number of benzene rings is 1. The van der Waals surface area contributed by atoms with Crippen LogP contribution in [0.4, 0.5) is 0 Å². The number of fused-ring (bicyclic) bond motifs is 1. The summed E-state index contributed by atoms with van der Waals surface area (Å²) in [5.74, 6) is -11.3. The normalized spacial score (nSPS) is 27.2. The second-order valence-corrected chi connectivity index (χ2v) is 22.8. The van der Waals surface area contributed by atoms with Crippen LogP contribution in [-0.2, 0) is 68.6 Å². The third kappa shape index (κ3) is 16.8. The summed E-state index contributed by atoms with van der Waals surface area (Å²) >= 11 is 0. The van der Waals surface area contributed by atoms with E-state index in [-0.39, 0.29) is 57.0 Å². The number of hydrogen-bond donors (Lipinski definition) is 4. The first-order valence-corrected chi connectivity index (χ1v) is 27.9. The molecule has 12 atom stereocenters. The van der Waals surface area contributed by atoms with E-state index < -0.39 is 150 Å². The van der Waals surface area contributed by atoms with Crippen molar-refractivity contribution >= 4 is 64.9 Å². The summed E-state index contributed by atoms with van der Waals surface area (Å²) in [6, 6.07) is -2.32. The monoisotopic (exact) mass is 1110 g/mol. The zero-order chi connectivity index (χ0) is 59.3. The number of amides is 7. The minimum Gasteiger partial charge on any atom is -0.497 e. The molecule has 0 radical (unpaired) electrons. The molecule has 3 heterocycles. The first-order chi connectivity index (χ1) is 37.0. The van der Waals surface area contributed by atoms with E-state index in [0.29, 0.717) is 30.6 Å². The fraction of sp³-hybridized carbons (Fsp3) is 0.702. The van der Waals surface area contributed by atoms with Gasteiger partial charge in [0.2, 0.25) is 41.2 Å². The number of carbonyl (C=O) groups excluding carboxylic acids is 11. The standard InChI is InChI=1S/C57H87N7O15/c1-15-33(8)46-44(66)29-45(67)79-49(32(6)7)48(68)34(9)50(69)58-39(26-30(2)3)54(73)64-25-17-19-41(64)56(75)62(13)43(28-37-20-22-38(77-14)23-21-37)57(76)78-36(11)47(52(71)59-46)60-51(70)42(27-31(4)5)61(12)55(74)40-18-16-24-63(40)53(72)35(10)65/h20-23,30-34,36,39-44,46-47,49,66H,15-19,24-29H2,1-14H3,(H,58,69)(H,59,71)(H,60,70)/t33-,34-,36+,39-,40-,41-,42+,43-,44?,46+,47-,49-/m0/s1. The Morgan fingerprint density at radius 3 is 2.06 bits per heavy atom. The van der Waals surface area contributed by atoms with Crippen LogP contribution in [0.1, 0.15) is 133 Å². The van der Waals surface area contributed by atoms with E-state index in [9.17, 15) is 57.8 Å². The highest BCUT2D eigenvalue weighted by atomic mass is 16.6. The van der Waals surface area contributed by atoms with Crippen molar-refractivity contribution in [2.75, 3.05) is 34.3 Å². The van der Waals surface area contributed by atoms with Crippen molar-refractivity contribution in [2.45, 2.75) is 195 Å². The van der Waals surface area contributed by atoms with Gasteiger partial charge in [-0.1, -0.05) is 73.9 Å². The Morgan fingerprint density at radius 1 is 0.861 bits per heavy atom. The number of cyclic esters (lactones) is 2. The van der Waals surface area contributed by atoms with Crippen LogP contribution in [0.15, 0.2) is 24.3 Å². The van der Waals surface area contributed by atoms with Crippen molar-refractivity contribution in [3.8, 4) is 5.75 Å². The van der Waals surface area contributed by atoms with Crippen molar-refractivity contribution < 1.29 is 72.1 Å². The molecular formula is C57H87N7O15. The zero-order valence-corrected chi connectivity index (χ0v) is 48.7. The number of ketones is 2. The Balaban J connectivity index is 1.89. The summed E-state index contributed by atoms with van der Waals surface area (Å²) in [5.41, 5.74) is 0.566. The van der Waals surface area contributed by atoms with Gasteiger partial charge in [0.25, 0.3) is 5.91 Å². The zero-order valence-electron chi connectivity index (χ0n) is 48.7. The van der Waals surface area contributed by atoms with E-state index in [2.05, 4.69) is 16.0 Å². The Bertz CT molecular complexity index is 2380. The third-order valence-corrected chi connectivity index (χ3v) is 15.4. The number of hydrogen-bond acceptors (Lipinski definition) is 15. The predicted octanol–water partition coefficient (Wildman–Crippen LogP) is 2.52. The van der Waals surface area contributed by atoms with Crippen LogP contribution >= 0.6 is 0 Å². The van der Waals surface area contributed by atoms with Crippen molar-refractivity contribution in [3.05, 3.63) is 29.8 Å². The average Bonchev–Trinajstić information content (AvgIpc) is 4.13. The number of Topliss-reactive ketones (excluding diaryl/α,β-unsaturated/α-hetero) is 2. The molecule has 0 saturated carbocycles. The molecule has 3 saturated heterocycles. The lowest BCUT2D eigenvalue weighted by atomic mass is 9.91. The van der Waals surface area contributed by atoms with Crippen molar-refractivity contribution in [3.63, 3.8) is 0 Å². The van der Waals surface area contributed by atoms with Gasteiger partial charge in [0.1, 0.15) is 48.1 Å². The van der Waals surface area contributed by atoms with Crippen LogP contribution in [0.25, 0.3) is 0 Å². The molecular weight excluding hydrogens is 1020 g/mol. The van der Waals surface area contributed by atoms with Gasteiger partial charge in [-0.15, -0.1) is 0 Å². The smallest absolute Gasteiger partial charge is 0.329 e. The number of esters is 2. The number of ether oxygens (including phenoxy) is 3. The number of methoxy groups -OCH3 is 1. The predicted molar refractivity (Wildman–Crippen MR) is 289 cm³/mol. The Kier molecular flexibility index (Phi) is 24.0. The average molecular weight is 1110 g/mol. The van der Waals surface area contributed by atoms with Crippen LogP contribution in [-0.4, -0.2) is 184 Å². The summed E-state index contributed by atoms with van der Waals surface area (Å²) in [5, 5.41) is 20.1. The molecule has 3 fully saturated rings. The van der Waals surface area contributed by atoms with Gasteiger partial charge in [-0.05, 0) is 93.7 Å². The van der Waals surface area contributed by atoms with Crippen LogP contribution in [0.2, 0.25) is 0 Å². The Labute approximate surface area is 465 Å². The second kappa shape index (κ2) is 29.1. The summed E-state index contributed by atoms with van der Waals surface area (Å²) in [7, 11) is 4.26. The van der Waals surface area contributed by atoms with E-state index in [1.165, 1.54) is 54.7 Å². The Morgan fingerprint density at radius 2 is 1.49 bits per heavy atom. The number of rotatable bonds is 15. The maximum absolute atomic E-state index is 15.0. The molecule has 0 bridgehead atoms. The van der Waals surface area contributed by atoms with Gasteiger partial charge in [-0.2, -0.15) is 0 Å². The molecule has 79 heavy (non-hydrogen) atoms. The van der Waals surface area contributed by atoms with Crippen molar-refractivity contribution in [2.24, 2.45) is 29.6 Å². The molecule has 0 aromatic heterocycles. The summed E-state index contributed by atoms with van der Waals surface area (Å²) in [6.45, 7) is 18.1. The van der Waals surface area contributed by atoms with E-state index in [1.807, 2.05) is 27.7 Å². The van der Waals surface area contributed by atoms with Gasteiger partial charge in [0, 0.05) is 40.5 Å². The van der Waals surface area contributed by atoms with Crippen molar-refractivity contribution in [1.29, 1.82) is 0 Å². The van der Waals surface area contributed by atoms with Crippen LogP contribution in [0.5, 0.6) is 5.75 Å². The summed E-state index contributed by atoms with van der Waals surface area (Å²) in [4.78, 5) is 160. The first-order valence-electron chi connectivity index (χ1n) is 27.9.